The summed E-state index contributed by atoms with van der Waals surface area (Å²) in [4.78, 5) is 15.6. The lowest BCUT2D eigenvalue weighted by atomic mass is 10.1. The average molecular weight is 538 g/mol. The van der Waals surface area contributed by atoms with Crippen LogP contribution in [0.1, 0.15) is 11.1 Å². The summed E-state index contributed by atoms with van der Waals surface area (Å²) in [6.45, 7) is 0.533. The van der Waals surface area contributed by atoms with Crippen LogP contribution in [0.2, 0.25) is 0 Å². The topological polar surface area (TPSA) is 60.5 Å². The lowest BCUT2D eigenvalue weighted by Crippen LogP contribution is -2.30. The standard InChI is InChI=1S/C30H23N3O3S2/c1-35-24-14-8-11-21-17-25(36-28(21)24)27-22(19-33(31-27)23-12-6-3-7-13-23)18-26-29(34)32(30(37)38-26)16-15-20-9-4-2-5-10-20/h2-14,17-19H,15-16H2,1H3. The summed E-state index contributed by atoms with van der Waals surface area (Å²) in [5, 5.41) is 5.76. The van der Waals surface area contributed by atoms with Crippen molar-refractivity contribution in [1.82, 2.24) is 14.7 Å². The van der Waals surface area contributed by atoms with Crippen molar-refractivity contribution in [2.75, 3.05) is 13.7 Å². The first-order valence-electron chi connectivity index (χ1n) is 12.1. The first-order chi connectivity index (χ1) is 18.6. The SMILES string of the molecule is COc1cccc2cc(-c3nn(-c4ccccc4)cc3C=C3SC(=S)N(CCc4ccccc4)C3=O)oc12. The third-order valence-electron chi connectivity index (χ3n) is 6.35. The molecule has 2 aromatic heterocycles. The van der Waals surface area contributed by atoms with Crippen molar-refractivity contribution in [2.24, 2.45) is 0 Å². The van der Waals surface area contributed by atoms with Crippen molar-refractivity contribution in [3.63, 3.8) is 0 Å². The molecule has 1 aliphatic rings. The van der Waals surface area contributed by atoms with E-state index in [0.29, 0.717) is 38.6 Å². The van der Waals surface area contributed by atoms with Crippen LogP contribution in [0.4, 0.5) is 0 Å². The number of furan rings is 1. The Kier molecular flexibility index (Phi) is 6.57. The van der Waals surface area contributed by atoms with Gasteiger partial charge in [0.25, 0.3) is 5.91 Å². The average Bonchev–Trinajstić information content (AvgIpc) is 3.64. The molecule has 0 spiro atoms. The largest absolute Gasteiger partial charge is 0.493 e. The summed E-state index contributed by atoms with van der Waals surface area (Å²) < 4.78 is 14.1. The van der Waals surface area contributed by atoms with Gasteiger partial charge in [-0.2, -0.15) is 5.10 Å². The molecule has 0 radical (unpaired) electrons. The molecule has 6 nitrogen and oxygen atoms in total. The van der Waals surface area contributed by atoms with Crippen LogP contribution in [0.3, 0.4) is 0 Å². The van der Waals surface area contributed by atoms with Crippen LogP contribution in [0.15, 0.2) is 100 Å². The molecule has 3 aromatic carbocycles. The normalized spacial score (nSPS) is 14.7. The third kappa shape index (κ3) is 4.64. The number of nitrogens with zero attached hydrogens (tertiary/aromatic N) is 3. The predicted octanol–water partition coefficient (Wildman–Crippen LogP) is 6.74. The first kappa shape index (κ1) is 24.2. The fourth-order valence-corrected chi connectivity index (χ4v) is 5.73. The molecule has 0 saturated carbocycles. The minimum absolute atomic E-state index is 0.0967. The van der Waals surface area contributed by atoms with Crippen LogP contribution >= 0.6 is 24.0 Å². The van der Waals surface area contributed by atoms with Gasteiger partial charge in [-0.05, 0) is 42.3 Å². The van der Waals surface area contributed by atoms with Gasteiger partial charge >= 0.3 is 0 Å². The number of benzene rings is 3. The fourth-order valence-electron chi connectivity index (χ4n) is 4.43. The zero-order valence-electron chi connectivity index (χ0n) is 20.5. The third-order valence-corrected chi connectivity index (χ3v) is 7.73. The fraction of sp³-hybridized carbons (Fsp3) is 0.100. The zero-order valence-corrected chi connectivity index (χ0v) is 22.2. The molecule has 0 N–H and O–H groups in total. The molecule has 1 aliphatic heterocycles. The highest BCUT2D eigenvalue weighted by molar-refractivity contribution is 8.26. The predicted molar refractivity (Wildman–Crippen MR) is 155 cm³/mol. The van der Waals surface area contributed by atoms with Crippen molar-refractivity contribution in [3.05, 3.63) is 107 Å². The van der Waals surface area contributed by atoms with Crippen molar-refractivity contribution in [1.29, 1.82) is 0 Å². The molecule has 188 valence electrons. The van der Waals surface area contributed by atoms with E-state index in [1.54, 1.807) is 16.7 Å². The Hall–Kier alpha value is -4.14. The Morgan fingerprint density at radius 1 is 1.03 bits per heavy atom. The summed E-state index contributed by atoms with van der Waals surface area (Å²) in [7, 11) is 1.62. The molecule has 0 atom stereocenters. The lowest BCUT2D eigenvalue weighted by molar-refractivity contribution is -0.122. The van der Waals surface area contributed by atoms with Gasteiger partial charge in [0, 0.05) is 23.7 Å². The van der Waals surface area contributed by atoms with Gasteiger partial charge in [0.2, 0.25) is 0 Å². The van der Waals surface area contributed by atoms with E-state index in [1.165, 1.54) is 11.8 Å². The summed E-state index contributed by atoms with van der Waals surface area (Å²) in [6, 6.07) is 27.6. The summed E-state index contributed by atoms with van der Waals surface area (Å²) in [5.41, 5.74) is 4.10. The van der Waals surface area contributed by atoms with Crippen molar-refractivity contribution < 1.29 is 13.9 Å². The van der Waals surface area contributed by atoms with Crippen LogP contribution < -0.4 is 4.74 Å². The number of hydrogen-bond donors (Lipinski definition) is 0. The van der Waals surface area contributed by atoms with Gasteiger partial charge in [0.1, 0.15) is 10.0 Å². The van der Waals surface area contributed by atoms with Gasteiger partial charge in [0.05, 0.1) is 17.7 Å². The molecule has 1 amide bonds. The summed E-state index contributed by atoms with van der Waals surface area (Å²) in [6.07, 6.45) is 4.50. The molecule has 5 aromatic rings. The summed E-state index contributed by atoms with van der Waals surface area (Å²) >= 11 is 6.89. The number of carbonyl (C=O) groups is 1. The van der Waals surface area contributed by atoms with E-state index in [4.69, 9.17) is 26.5 Å². The number of aromatic nitrogens is 2. The molecule has 0 bridgehead atoms. The molecule has 3 heterocycles. The van der Waals surface area contributed by atoms with E-state index >= 15 is 0 Å². The number of thioether (sulfide) groups is 1. The van der Waals surface area contributed by atoms with E-state index in [2.05, 4.69) is 12.1 Å². The van der Waals surface area contributed by atoms with Gasteiger partial charge in [-0.15, -0.1) is 0 Å². The molecule has 0 unspecified atom stereocenters. The van der Waals surface area contributed by atoms with Crippen molar-refractivity contribution >= 4 is 51.3 Å². The number of amides is 1. The lowest BCUT2D eigenvalue weighted by Gasteiger charge is -2.14. The number of ether oxygens (including phenoxy) is 1. The number of carbonyl (C=O) groups excluding carboxylic acids is 1. The maximum absolute atomic E-state index is 13.4. The van der Waals surface area contributed by atoms with Crippen LogP contribution in [0.5, 0.6) is 5.75 Å². The molecular weight excluding hydrogens is 514 g/mol. The Balaban J connectivity index is 1.38. The second-order valence-electron chi connectivity index (χ2n) is 8.77. The van der Waals surface area contributed by atoms with Gasteiger partial charge in [-0.1, -0.05) is 84.6 Å². The molecule has 8 heteroatoms. The molecule has 38 heavy (non-hydrogen) atoms. The monoisotopic (exact) mass is 537 g/mol. The smallest absolute Gasteiger partial charge is 0.266 e. The Labute approximate surface area is 229 Å². The van der Waals surface area contributed by atoms with Gasteiger partial charge in [0.15, 0.2) is 17.1 Å². The maximum Gasteiger partial charge on any atom is 0.266 e. The van der Waals surface area contributed by atoms with Gasteiger partial charge in [-0.3, -0.25) is 9.69 Å². The Bertz CT molecular complexity index is 1670. The molecular formula is C30H23N3O3S2. The quantitative estimate of drug-likeness (QED) is 0.169. The maximum atomic E-state index is 13.4. The molecule has 1 saturated heterocycles. The van der Waals surface area contributed by atoms with Crippen LogP contribution in [0, 0.1) is 0 Å². The zero-order chi connectivity index (χ0) is 26.1. The number of rotatable bonds is 7. The van der Waals surface area contributed by atoms with Gasteiger partial charge in [-0.25, -0.2) is 4.68 Å². The van der Waals surface area contributed by atoms with E-state index < -0.39 is 0 Å². The Morgan fingerprint density at radius 2 is 1.79 bits per heavy atom. The van der Waals surface area contributed by atoms with Crippen LogP contribution in [-0.2, 0) is 11.2 Å². The molecule has 1 fully saturated rings. The second-order valence-corrected chi connectivity index (χ2v) is 10.4. The van der Waals surface area contributed by atoms with Crippen LogP contribution in [-0.4, -0.2) is 38.6 Å². The number of para-hydroxylation sites is 2. The number of fused-ring (bicyclic) bond motifs is 1. The highest BCUT2D eigenvalue weighted by atomic mass is 32.2. The number of thiocarbonyl (C=S) groups is 1. The molecule has 6 rings (SSSR count). The van der Waals surface area contributed by atoms with Gasteiger partial charge < -0.3 is 9.15 Å². The first-order valence-corrected chi connectivity index (χ1v) is 13.3. The number of methoxy groups -OCH3 is 1. The van der Waals surface area contributed by atoms with E-state index in [1.807, 2.05) is 85.1 Å². The van der Waals surface area contributed by atoms with E-state index in [9.17, 15) is 4.79 Å². The summed E-state index contributed by atoms with van der Waals surface area (Å²) in [5.74, 6) is 1.14. The highest BCUT2D eigenvalue weighted by Crippen LogP contribution is 2.37. The Morgan fingerprint density at radius 3 is 2.55 bits per heavy atom. The minimum atomic E-state index is -0.0967. The highest BCUT2D eigenvalue weighted by Gasteiger charge is 2.32. The van der Waals surface area contributed by atoms with Crippen molar-refractivity contribution in [2.45, 2.75) is 6.42 Å². The minimum Gasteiger partial charge on any atom is -0.493 e. The van der Waals surface area contributed by atoms with E-state index in [0.717, 1.165) is 28.6 Å². The molecule has 0 aliphatic carbocycles. The van der Waals surface area contributed by atoms with Crippen LogP contribution in [0.25, 0.3) is 34.2 Å². The van der Waals surface area contributed by atoms with E-state index in [-0.39, 0.29) is 5.91 Å². The second kappa shape index (κ2) is 10.3. The number of hydrogen-bond acceptors (Lipinski definition) is 6. The van der Waals surface area contributed by atoms with Crippen molar-refractivity contribution in [3.8, 4) is 22.9 Å².